The number of anilines is 2. The molecule has 1 aliphatic heterocycles. The number of oxazole rings is 1. The molecule has 4 heterocycles. The first-order valence-corrected chi connectivity index (χ1v) is 14.5. The summed E-state index contributed by atoms with van der Waals surface area (Å²) in [5.74, 6) is 0.713. The Balaban J connectivity index is 1.17. The fraction of sp³-hybridized carbons (Fsp3) is 0.355. The first kappa shape index (κ1) is 30.3. The molecule has 0 saturated carbocycles. The molecule has 3 aromatic heterocycles. The molecule has 0 unspecified atom stereocenters. The number of fused-ring (bicyclic) bond motifs is 2. The highest BCUT2D eigenvalue weighted by Gasteiger charge is 2.29. The van der Waals surface area contributed by atoms with Crippen molar-refractivity contribution in [3.8, 4) is 11.5 Å². The predicted octanol–water partition coefficient (Wildman–Crippen LogP) is 5.23. The van der Waals surface area contributed by atoms with Crippen molar-refractivity contribution >= 4 is 33.5 Å². The largest absolute Gasteiger partial charge is 0.487 e. The highest BCUT2D eigenvalue weighted by atomic mass is 19.4. The van der Waals surface area contributed by atoms with E-state index in [1.54, 1.807) is 35.8 Å². The van der Waals surface area contributed by atoms with Gasteiger partial charge in [0.1, 0.15) is 30.3 Å². The fourth-order valence-corrected chi connectivity index (χ4v) is 5.17. The van der Waals surface area contributed by atoms with Crippen LogP contribution in [0.15, 0.2) is 64.2 Å². The van der Waals surface area contributed by atoms with E-state index < -0.39 is 18.5 Å². The van der Waals surface area contributed by atoms with Gasteiger partial charge in [-0.15, -0.1) is 0 Å². The zero-order valence-electron chi connectivity index (χ0n) is 24.5. The lowest BCUT2D eigenvalue weighted by atomic mass is 10.2. The van der Waals surface area contributed by atoms with Crippen LogP contribution < -0.4 is 20.5 Å². The minimum absolute atomic E-state index is 0.0243. The molecule has 0 radical (unpaired) electrons. The number of halogens is 3. The van der Waals surface area contributed by atoms with Crippen molar-refractivity contribution in [3.05, 3.63) is 76.8 Å². The van der Waals surface area contributed by atoms with E-state index in [9.17, 15) is 18.0 Å². The first-order chi connectivity index (χ1) is 21.7. The Kier molecular flexibility index (Phi) is 8.85. The van der Waals surface area contributed by atoms with Gasteiger partial charge < -0.3 is 23.9 Å². The zero-order valence-corrected chi connectivity index (χ0v) is 24.5. The van der Waals surface area contributed by atoms with E-state index in [0.717, 1.165) is 39.3 Å². The third-order valence-electron chi connectivity index (χ3n) is 7.51. The van der Waals surface area contributed by atoms with Crippen LogP contribution in [0, 0.1) is 6.92 Å². The molecule has 0 atom stereocenters. The number of alkyl halides is 3. The first-order valence-electron chi connectivity index (χ1n) is 14.5. The van der Waals surface area contributed by atoms with Crippen molar-refractivity contribution in [2.45, 2.75) is 32.7 Å². The van der Waals surface area contributed by atoms with Gasteiger partial charge in [0.2, 0.25) is 0 Å². The second kappa shape index (κ2) is 13.1. The lowest BCUT2D eigenvalue weighted by Crippen LogP contribution is -2.37. The van der Waals surface area contributed by atoms with Crippen molar-refractivity contribution in [2.24, 2.45) is 0 Å². The standard InChI is InChI=1S/C31H31F3N6O5/c1-20-25(35-7-6-27(20)44-18-31(32,33)34)17-43-22-5-2-4-21(14-22)38-29-23-15-26-28(16-24(23)36-19-37-29)45-30(41)40(26)9-3-8-39-10-12-42-13-11-39/h2,4-7,14-16,19H,3,8-13,17-18H2,1H3,(H,36,37,38). The summed E-state index contributed by atoms with van der Waals surface area (Å²) >= 11 is 0. The van der Waals surface area contributed by atoms with Gasteiger partial charge in [0, 0.05) is 61.1 Å². The Bertz CT molecular complexity index is 1850. The highest BCUT2D eigenvalue weighted by molar-refractivity contribution is 5.98. The molecule has 45 heavy (non-hydrogen) atoms. The smallest absolute Gasteiger partial charge is 0.422 e. The lowest BCUT2D eigenvalue weighted by molar-refractivity contribution is -0.153. The Morgan fingerprint density at radius 3 is 2.69 bits per heavy atom. The number of hydrogen-bond acceptors (Lipinski definition) is 10. The Hall–Kier alpha value is -4.69. The van der Waals surface area contributed by atoms with Gasteiger partial charge in [-0.3, -0.25) is 14.5 Å². The van der Waals surface area contributed by atoms with Gasteiger partial charge >= 0.3 is 11.9 Å². The van der Waals surface area contributed by atoms with Crippen molar-refractivity contribution in [2.75, 3.05) is 44.8 Å². The minimum atomic E-state index is -4.44. The number of hydrogen-bond donors (Lipinski definition) is 1. The molecule has 1 fully saturated rings. The van der Waals surface area contributed by atoms with Crippen LogP contribution >= 0.6 is 0 Å². The second-order valence-corrected chi connectivity index (χ2v) is 10.6. The fourth-order valence-electron chi connectivity index (χ4n) is 5.17. The number of nitrogens with zero attached hydrogens (tertiary/aromatic N) is 5. The van der Waals surface area contributed by atoms with E-state index in [1.807, 2.05) is 12.1 Å². The van der Waals surface area contributed by atoms with Crippen molar-refractivity contribution in [3.63, 3.8) is 0 Å². The van der Waals surface area contributed by atoms with E-state index in [1.165, 1.54) is 18.6 Å². The maximum Gasteiger partial charge on any atom is 0.422 e. The predicted molar refractivity (Wildman–Crippen MR) is 160 cm³/mol. The molecular weight excluding hydrogens is 593 g/mol. The number of aromatic nitrogens is 4. The van der Waals surface area contributed by atoms with Gasteiger partial charge in [-0.1, -0.05) is 6.07 Å². The minimum Gasteiger partial charge on any atom is -0.487 e. The van der Waals surface area contributed by atoms with Crippen LogP contribution in [-0.4, -0.2) is 70.1 Å². The normalized spacial score (nSPS) is 14.2. The van der Waals surface area contributed by atoms with Gasteiger partial charge in [0.25, 0.3) is 0 Å². The van der Waals surface area contributed by atoms with Gasteiger partial charge in [0.15, 0.2) is 12.2 Å². The molecular formula is C31H31F3N6O5. The summed E-state index contributed by atoms with van der Waals surface area (Å²) < 4.78 is 61.3. The van der Waals surface area contributed by atoms with Crippen LogP contribution in [0.3, 0.4) is 0 Å². The van der Waals surface area contributed by atoms with E-state index in [-0.39, 0.29) is 12.4 Å². The molecule has 6 rings (SSSR count). The molecule has 0 spiro atoms. The van der Waals surface area contributed by atoms with Crippen LogP contribution in [-0.2, 0) is 17.9 Å². The maximum absolute atomic E-state index is 12.7. The third-order valence-corrected chi connectivity index (χ3v) is 7.51. The maximum atomic E-state index is 12.7. The van der Waals surface area contributed by atoms with Gasteiger partial charge in [-0.05, 0) is 37.6 Å². The monoisotopic (exact) mass is 624 g/mol. The summed E-state index contributed by atoms with van der Waals surface area (Å²) in [6.45, 7) is 4.85. The van der Waals surface area contributed by atoms with Crippen molar-refractivity contribution in [1.29, 1.82) is 0 Å². The van der Waals surface area contributed by atoms with Crippen LogP contribution in [0.2, 0.25) is 0 Å². The zero-order chi connectivity index (χ0) is 31.4. The van der Waals surface area contributed by atoms with Gasteiger partial charge in [0.05, 0.1) is 29.9 Å². The Morgan fingerprint density at radius 1 is 1.02 bits per heavy atom. The molecule has 1 aliphatic rings. The number of benzene rings is 2. The molecule has 1 N–H and O–H groups in total. The quantitative estimate of drug-likeness (QED) is 0.210. The van der Waals surface area contributed by atoms with Gasteiger partial charge in [-0.2, -0.15) is 13.2 Å². The van der Waals surface area contributed by atoms with Crippen molar-refractivity contribution < 1.29 is 31.8 Å². The third kappa shape index (κ3) is 7.35. The van der Waals surface area contributed by atoms with Crippen molar-refractivity contribution in [1.82, 2.24) is 24.4 Å². The van der Waals surface area contributed by atoms with Gasteiger partial charge in [-0.25, -0.2) is 14.8 Å². The van der Waals surface area contributed by atoms with Crippen LogP contribution in [0.25, 0.3) is 22.0 Å². The highest BCUT2D eigenvalue weighted by Crippen LogP contribution is 2.29. The molecule has 0 aliphatic carbocycles. The molecule has 0 bridgehead atoms. The van der Waals surface area contributed by atoms with Crippen LogP contribution in [0.1, 0.15) is 17.7 Å². The Morgan fingerprint density at radius 2 is 1.87 bits per heavy atom. The summed E-state index contributed by atoms with van der Waals surface area (Å²) in [4.78, 5) is 28.1. The molecule has 236 valence electrons. The lowest BCUT2D eigenvalue weighted by Gasteiger charge is -2.26. The SMILES string of the molecule is Cc1c(OCC(F)(F)F)ccnc1COc1cccc(Nc2ncnc3cc4oc(=O)n(CCCN5CCOCC5)c4cc23)c1. The average Bonchev–Trinajstić information content (AvgIpc) is 3.33. The molecule has 5 aromatic rings. The van der Waals surface area contributed by atoms with E-state index >= 15 is 0 Å². The number of morpholine rings is 1. The molecule has 0 amide bonds. The topological polar surface area (TPSA) is 117 Å². The summed E-state index contributed by atoms with van der Waals surface area (Å²) in [6, 6.07) is 12.1. The van der Waals surface area contributed by atoms with E-state index in [2.05, 4.69) is 25.2 Å². The summed E-state index contributed by atoms with van der Waals surface area (Å²) in [6.07, 6.45) is -0.842. The molecule has 14 heteroatoms. The van der Waals surface area contributed by atoms with Crippen LogP contribution in [0.4, 0.5) is 24.7 Å². The number of pyridine rings is 1. The van der Waals surface area contributed by atoms with Crippen LogP contribution in [0.5, 0.6) is 11.5 Å². The second-order valence-electron chi connectivity index (χ2n) is 10.6. The summed E-state index contributed by atoms with van der Waals surface area (Å²) in [7, 11) is 0. The molecule has 2 aromatic carbocycles. The molecule has 11 nitrogen and oxygen atoms in total. The summed E-state index contributed by atoms with van der Waals surface area (Å²) in [5.41, 5.74) is 3.32. The number of aryl methyl sites for hydroxylation is 1. The van der Waals surface area contributed by atoms with E-state index in [0.29, 0.717) is 57.1 Å². The number of rotatable bonds is 11. The number of nitrogens with one attached hydrogen (secondary N) is 1. The average molecular weight is 625 g/mol. The Labute approximate surface area is 255 Å². The number of ether oxygens (including phenoxy) is 3. The molecule has 1 saturated heterocycles. The van der Waals surface area contributed by atoms with E-state index in [4.69, 9.17) is 18.6 Å². The summed E-state index contributed by atoms with van der Waals surface area (Å²) in [5, 5.41) is 4.01.